The Labute approximate surface area is 138 Å². The van der Waals surface area contributed by atoms with E-state index in [0.717, 1.165) is 30.0 Å². The van der Waals surface area contributed by atoms with E-state index in [4.69, 9.17) is 9.47 Å². The lowest BCUT2D eigenvalue weighted by molar-refractivity contribution is 0.0928. The van der Waals surface area contributed by atoms with Gasteiger partial charge >= 0.3 is 0 Å². The van der Waals surface area contributed by atoms with Gasteiger partial charge in [-0.1, -0.05) is 0 Å². The lowest BCUT2D eigenvalue weighted by atomic mass is 9.97. The van der Waals surface area contributed by atoms with E-state index in [-0.39, 0.29) is 17.8 Å². The Balaban J connectivity index is 1.83. The average molecular weight is 333 g/mol. The van der Waals surface area contributed by atoms with Crippen molar-refractivity contribution >= 4 is 17.2 Å². The van der Waals surface area contributed by atoms with Crippen molar-refractivity contribution in [2.75, 3.05) is 14.2 Å². The number of nitrogens with zero attached hydrogens (tertiary/aromatic N) is 2. The third kappa shape index (κ3) is 3.14. The Morgan fingerprint density at radius 2 is 2.13 bits per heavy atom. The molecule has 2 aromatic heterocycles. The second-order valence-corrected chi connectivity index (χ2v) is 6.66. The number of aromatic nitrogens is 2. The largest absolute Gasteiger partial charge is 0.481 e. The molecule has 23 heavy (non-hydrogen) atoms. The van der Waals surface area contributed by atoms with E-state index in [0.29, 0.717) is 11.4 Å². The van der Waals surface area contributed by atoms with Crippen LogP contribution in [0.25, 0.3) is 0 Å². The number of hydrogen-bond donors (Lipinski definition) is 1. The molecule has 2 heterocycles. The highest BCUT2D eigenvalue weighted by atomic mass is 32.1. The number of carbonyl (C=O) groups excluding carboxylic acids is 1. The molecule has 1 amide bonds. The number of aryl methyl sites for hydroxylation is 2. The molecule has 7 heteroatoms. The van der Waals surface area contributed by atoms with Crippen LogP contribution < -0.4 is 14.8 Å². The van der Waals surface area contributed by atoms with Crippen LogP contribution in [0, 0.1) is 6.92 Å². The van der Waals surface area contributed by atoms with Crippen molar-refractivity contribution in [3.8, 4) is 11.8 Å². The number of methoxy groups -OCH3 is 2. The lowest BCUT2D eigenvalue weighted by Gasteiger charge is -2.22. The van der Waals surface area contributed by atoms with Gasteiger partial charge in [-0.2, -0.15) is 4.98 Å². The number of fused-ring (bicyclic) bond motifs is 1. The SMILES string of the molecule is COc1ccc(C(=O)N[C@H]2CCCc3sc(C)nc32)c(OC)n1. The molecule has 0 spiro atoms. The fraction of sp³-hybridized carbons (Fsp3) is 0.438. The summed E-state index contributed by atoms with van der Waals surface area (Å²) in [5.74, 6) is 0.460. The van der Waals surface area contributed by atoms with Crippen molar-refractivity contribution in [3.63, 3.8) is 0 Å². The average Bonchev–Trinajstić information content (AvgIpc) is 2.95. The normalized spacial score (nSPS) is 16.6. The van der Waals surface area contributed by atoms with E-state index < -0.39 is 0 Å². The zero-order chi connectivity index (χ0) is 16.4. The number of thiazole rings is 1. The molecule has 1 aliphatic rings. The molecule has 6 nitrogen and oxygen atoms in total. The Bertz CT molecular complexity index is 729. The molecule has 0 saturated carbocycles. The van der Waals surface area contributed by atoms with E-state index in [2.05, 4.69) is 15.3 Å². The van der Waals surface area contributed by atoms with Gasteiger partial charge in [0.05, 0.1) is 31.0 Å². The van der Waals surface area contributed by atoms with Crippen LogP contribution in [0.1, 0.15) is 44.8 Å². The topological polar surface area (TPSA) is 73.3 Å². The zero-order valence-corrected chi connectivity index (χ0v) is 14.2. The Morgan fingerprint density at radius 3 is 2.87 bits per heavy atom. The van der Waals surface area contributed by atoms with Crippen LogP contribution in [0.5, 0.6) is 11.8 Å². The quantitative estimate of drug-likeness (QED) is 0.931. The Kier molecular flexibility index (Phi) is 4.47. The molecule has 1 N–H and O–H groups in total. The fourth-order valence-corrected chi connectivity index (χ4v) is 3.82. The number of rotatable bonds is 4. The highest BCUT2D eigenvalue weighted by molar-refractivity contribution is 7.11. The van der Waals surface area contributed by atoms with Gasteiger partial charge in [0.2, 0.25) is 11.8 Å². The summed E-state index contributed by atoms with van der Waals surface area (Å²) in [6.45, 7) is 2.00. The smallest absolute Gasteiger partial charge is 0.257 e. The number of carbonyl (C=O) groups is 1. The first-order valence-electron chi connectivity index (χ1n) is 7.48. The van der Waals surface area contributed by atoms with Crippen molar-refractivity contribution in [3.05, 3.63) is 33.3 Å². The van der Waals surface area contributed by atoms with Crippen molar-refractivity contribution in [2.24, 2.45) is 0 Å². The standard InChI is InChI=1S/C16H19N3O3S/c1-9-17-14-11(5-4-6-12(14)23-9)18-15(20)10-7-8-13(21-2)19-16(10)22-3/h7-8,11H,4-6H2,1-3H3,(H,18,20)/t11-/m0/s1. The number of pyridine rings is 1. The molecule has 0 bridgehead atoms. The van der Waals surface area contributed by atoms with E-state index in [1.165, 1.54) is 19.1 Å². The predicted molar refractivity (Wildman–Crippen MR) is 87.3 cm³/mol. The molecule has 0 fully saturated rings. The van der Waals surface area contributed by atoms with Gasteiger partial charge in [0, 0.05) is 10.9 Å². The molecule has 0 saturated heterocycles. The van der Waals surface area contributed by atoms with Crippen LogP contribution in [0.15, 0.2) is 12.1 Å². The highest BCUT2D eigenvalue weighted by Crippen LogP contribution is 2.33. The molecular weight excluding hydrogens is 314 g/mol. The number of nitrogens with one attached hydrogen (secondary N) is 1. The monoisotopic (exact) mass is 333 g/mol. The summed E-state index contributed by atoms with van der Waals surface area (Å²) in [6.07, 6.45) is 2.99. The van der Waals surface area contributed by atoms with E-state index in [9.17, 15) is 4.79 Å². The first-order valence-corrected chi connectivity index (χ1v) is 8.30. The van der Waals surface area contributed by atoms with Gasteiger partial charge in [-0.3, -0.25) is 4.79 Å². The van der Waals surface area contributed by atoms with E-state index in [1.807, 2.05) is 6.92 Å². The van der Waals surface area contributed by atoms with Gasteiger partial charge in [0.15, 0.2) is 0 Å². The van der Waals surface area contributed by atoms with Gasteiger partial charge in [0.25, 0.3) is 5.91 Å². The molecule has 1 atom stereocenters. The van der Waals surface area contributed by atoms with Crippen LogP contribution in [0.4, 0.5) is 0 Å². The highest BCUT2D eigenvalue weighted by Gasteiger charge is 2.27. The second kappa shape index (κ2) is 6.54. The number of ether oxygens (including phenoxy) is 2. The summed E-state index contributed by atoms with van der Waals surface area (Å²) < 4.78 is 10.3. The molecule has 0 radical (unpaired) electrons. The van der Waals surface area contributed by atoms with Gasteiger partial charge in [-0.05, 0) is 32.3 Å². The van der Waals surface area contributed by atoms with Crippen molar-refractivity contribution < 1.29 is 14.3 Å². The number of amides is 1. The minimum absolute atomic E-state index is 0.0528. The predicted octanol–water partition coefficient (Wildman–Crippen LogP) is 2.67. The summed E-state index contributed by atoms with van der Waals surface area (Å²) in [6, 6.07) is 3.26. The molecule has 3 rings (SSSR count). The van der Waals surface area contributed by atoms with Crippen molar-refractivity contribution in [2.45, 2.75) is 32.2 Å². The third-order valence-corrected chi connectivity index (χ3v) is 4.89. The maximum Gasteiger partial charge on any atom is 0.257 e. The minimum Gasteiger partial charge on any atom is -0.481 e. The summed E-state index contributed by atoms with van der Waals surface area (Å²) >= 11 is 1.71. The molecule has 122 valence electrons. The summed E-state index contributed by atoms with van der Waals surface area (Å²) in [7, 11) is 3.01. The molecule has 0 unspecified atom stereocenters. The Morgan fingerprint density at radius 1 is 1.30 bits per heavy atom. The van der Waals surface area contributed by atoms with Crippen LogP contribution >= 0.6 is 11.3 Å². The maximum absolute atomic E-state index is 12.6. The Hall–Kier alpha value is -2.15. The van der Waals surface area contributed by atoms with Gasteiger partial charge in [-0.15, -0.1) is 11.3 Å². The van der Waals surface area contributed by atoms with Crippen LogP contribution in [0.2, 0.25) is 0 Å². The molecule has 2 aromatic rings. The molecule has 0 aliphatic heterocycles. The fourth-order valence-electron chi connectivity index (χ4n) is 2.78. The van der Waals surface area contributed by atoms with Crippen LogP contribution in [0.3, 0.4) is 0 Å². The molecule has 0 aromatic carbocycles. The van der Waals surface area contributed by atoms with Crippen molar-refractivity contribution in [1.82, 2.24) is 15.3 Å². The zero-order valence-electron chi connectivity index (χ0n) is 13.4. The van der Waals surface area contributed by atoms with Gasteiger partial charge in [-0.25, -0.2) is 4.98 Å². The van der Waals surface area contributed by atoms with Crippen LogP contribution in [-0.2, 0) is 6.42 Å². The lowest BCUT2D eigenvalue weighted by Crippen LogP contribution is -2.31. The van der Waals surface area contributed by atoms with Gasteiger partial charge in [0.1, 0.15) is 5.56 Å². The minimum atomic E-state index is -0.208. The second-order valence-electron chi connectivity index (χ2n) is 5.37. The molecular formula is C16H19N3O3S. The summed E-state index contributed by atoms with van der Waals surface area (Å²) in [4.78, 5) is 22.6. The van der Waals surface area contributed by atoms with Crippen molar-refractivity contribution in [1.29, 1.82) is 0 Å². The maximum atomic E-state index is 12.6. The number of hydrogen-bond acceptors (Lipinski definition) is 6. The first-order chi connectivity index (χ1) is 11.1. The summed E-state index contributed by atoms with van der Waals surface area (Å²) in [5.41, 5.74) is 1.40. The third-order valence-electron chi connectivity index (χ3n) is 3.85. The van der Waals surface area contributed by atoms with Gasteiger partial charge < -0.3 is 14.8 Å². The first kappa shape index (κ1) is 15.7. The molecule has 1 aliphatic carbocycles. The van der Waals surface area contributed by atoms with E-state index in [1.54, 1.807) is 23.5 Å². The van der Waals surface area contributed by atoms with Crippen LogP contribution in [-0.4, -0.2) is 30.1 Å². The summed E-state index contributed by atoms with van der Waals surface area (Å²) in [5, 5.41) is 4.10. The van der Waals surface area contributed by atoms with E-state index >= 15 is 0 Å².